The summed E-state index contributed by atoms with van der Waals surface area (Å²) in [5.74, 6) is 0.552. The lowest BCUT2D eigenvalue weighted by Gasteiger charge is -2.35. The zero-order valence-corrected chi connectivity index (χ0v) is 16.9. The first-order chi connectivity index (χ1) is 13.0. The molecule has 2 aliphatic rings. The van der Waals surface area contributed by atoms with Crippen LogP contribution in [0.25, 0.3) is 0 Å². The Bertz CT molecular complexity index is 681. The molecule has 1 aromatic rings. The number of nitrogens with zero attached hydrogens (tertiary/aromatic N) is 3. The van der Waals surface area contributed by atoms with Crippen molar-refractivity contribution < 1.29 is 14.3 Å². The molecule has 2 fully saturated rings. The van der Waals surface area contributed by atoms with Crippen LogP contribution in [0.2, 0.25) is 5.02 Å². The molecule has 148 valence electrons. The summed E-state index contributed by atoms with van der Waals surface area (Å²) in [4.78, 5) is 33.4. The van der Waals surface area contributed by atoms with E-state index in [1.54, 1.807) is 11.0 Å². The van der Waals surface area contributed by atoms with Gasteiger partial charge in [-0.2, -0.15) is 0 Å². The second-order valence-corrected chi connectivity index (χ2v) is 8.04. The molecule has 27 heavy (non-hydrogen) atoms. The number of hydrogen-bond acceptors (Lipinski definition) is 4. The zero-order valence-electron chi connectivity index (χ0n) is 16.1. The van der Waals surface area contributed by atoms with E-state index in [0.717, 1.165) is 38.8 Å². The van der Waals surface area contributed by atoms with Crippen molar-refractivity contribution >= 4 is 23.4 Å². The maximum Gasteiger partial charge on any atom is 0.255 e. The minimum Gasteiger partial charge on any atom is -0.474 e. The molecule has 2 amide bonds. The third kappa shape index (κ3) is 4.92. The van der Waals surface area contributed by atoms with Crippen molar-refractivity contribution in [3.63, 3.8) is 0 Å². The molecule has 0 radical (unpaired) electrons. The summed E-state index contributed by atoms with van der Waals surface area (Å²) >= 11 is 6.20. The second-order valence-electron chi connectivity index (χ2n) is 7.63. The first kappa shape index (κ1) is 19.9. The van der Waals surface area contributed by atoms with Gasteiger partial charge in [0.2, 0.25) is 11.8 Å². The number of piperidine rings is 2. The number of rotatable bonds is 4. The van der Waals surface area contributed by atoms with Gasteiger partial charge in [-0.25, -0.2) is 4.98 Å². The van der Waals surface area contributed by atoms with Crippen LogP contribution in [0.4, 0.5) is 0 Å². The average molecular weight is 394 g/mol. The van der Waals surface area contributed by atoms with Crippen molar-refractivity contribution in [3.05, 3.63) is 22.8 Å². The molecule has 2 aliphatic heterocycles. The molecule has 7 heteroatoms. The van der Waals surface area contributed by atoms with Gasteiger partial charge < -0.3 is 14.5 Å². The summed E-state index contributed by atoms with van der Waals surface area (Å²) in [7, 11) is 0. The van der Waals surface area contributed by atoms with Crippen LogP contribution in [0, 0.1) is 5.92 Å². The summed E-state index contributed by atoms with van der Waals surface area (Å²) in [5, 5.41) is 0.338. The van der Waals surface area contributed by atoms with Gasteiger partial charge in [0, 0.05) is 38.3 Å². The van der Waals surface area contributed by atoms with Gasteiger partial charge in [0.1, 0.15) is 5.02 Å². The largest absolute Gasteiger partial charge is 0.474 e. The quantitative estimate of drug-likeness (QED) is 0.786. The van der Waals surface area contributed by atoms with Crippen molar-refractivity contribution in [2.75, 3.05) is 26.2 Å². The lowest BCUT2D eigenvalue weighted by Crippen LogP contribution is -2.45. The fourth-order valence-electron chi connectivity index (χ4n) is 3.74. The molecule has 3 heterocycles. The summed E-state index contributed by atoms with van der Waals surface area (Å²) in [5.41, 5.74) is 0.455. The Morgan fingerprint density at radius 1 is 1.11 bits per heavy atom. The molecule has 2 saturated heterocycles. The van der Waals surface area contributed by atoms with E-state index >= 15 is 0 Å². The summed E-state index contributed by atoms with van der Waals surface area (Å²) in [6, 6.07) is 1.61. The van der Waals surface area contributed by atoms with Crippen molar-refractivity contribution in [1.82, 2.24) is 14.8 Å². The Hall–Kier alpha value is -1.82. The number of halogens is 1. The number of amides is 2. The van der Waals surface area contributed by atoms with Gasteiger partial charge in [-0.15, -0.1) is 0 Å². The van der Waals surface area contributed by atoms with Gasteiger partial charge in [0.15, 0.2) is 0 Å². The number of carbonyl (C=O) groups is 2. The van der Waals surface area contributed by atoms with Gasteiger partial charge in [0.25, 0.3) is 5.91 Å². The zero-order chi connectivity index (χ0) is 19.4. The van der Waals surface area contributed by atoms with E-state index in [1.807, 2.05) is 18.7 Å². The van der Waals surface area contributed by atoms with Gasteiger partial charge in [-0.05, 0) is 52.0 Å². The summed E-state index contributed by atoms with van der Waals surface area (Å²) < 4.78 is 5.51. The van der Waals surface area contributed by atoms with Crippen molar-refractivity contribution in [3.8, 4) is 5.88 Å². The van der Waals surface area contributed by atoms with E-state index in [4.69, 9.17) is 16.3 Å². The van der Waals surface area contributed by atoms with E-state index in [9.17, 15) is 9.59 Å². The smallest absolute Gasteiger partial charge is 0.255 e. The van der Waals surface area contributed by atoms with E-state index < -0.39 is 0 Å². The lowest BCUT2D eigenvalue weighted by molar-refractivity contribution is -0.137. The van der Waals surface area contributed by atoms with Crippen LogP contribution in [-0.4, -0.2) is 58.9 Å². The number of hydrogen-bond donors (Lipinski definition) is 0. The Labute approximate surface area is 165 Å². The molecule has 1 aromatic heterocycles. The van der Waals surface area contributed by atoms with Gasteiger partial charge in [-0.1, -0.05) is 11.6 Å². The second kappa shape index (κ2) is 8.91. The van der Waals surface area contributed by atoms with Crippen LogP contribution < -0.4 is 4.74 Å². The van der Waals surface area contributed by atoms with Crippen LogP contribution in [0.1, 0.15) is 56.3 Å². The number of carbonyl (C=O) groups excluding carboxylic acids is 2. The highest BCUT2D eigenvalue weighted by Gasteiger charge is 2.31. The van der Waals surface area contributed by atoms with Crippen molar-refractivity contribution in [1.29, 1.82) is 0 Å². The summed E-state index contributed by atoms with van der Waals surface area (Å²) in [6.45, 7) is 6.73. The Morgan fingerprint density at radius 2 is 1.78 bits per heavy atom. The molecular weight excluding hydrogens is 366 g/mol. The van der Waals surface area contributed by atoms with E-state index in [1.165, 1.54) is 12.6 Å². The van der Waals surface area contributed by atoms with E-state index in [0.29, 0.717) is 29.6 Å². The Morgan fingerprint density at radius 3 is 2.37 bits per heavy atom. The monoisotopic (exact) mass is 393 g/mol. The molecule has 0 aromatic carbocycles. The Balaban J connectivity index is 1.56. The van der Waals surface area contributed by atoms with Crippen LogP contribution in [0.3, 0.4) is 0 Å². The minimum atomic E-state index is -0.0932. The molecule has 0 N–H and O–H groups in total. The average Bonchev–Trinajstić information content (AvgIpc) is 2.69. The molecule has 0 atom stereocenters. The third-order valence-electron chi connectivity index (χ3n) is 5.20. The third-order valence-corrected chi connectivity index (χ3v) is 5.47. The molecule has 0 bridgehead atoms. The van der Waals surface area contributed by atoms with Crippen LogP contribution in [0.15, 0.2) is 12.3 Å². The van der Waals surface area contributed by atoms with Gasteiger partial charge >= 0.3 is 0 Å². The Kier molecular flexibility index (Phi) is 6.58. The molecule has 6 nitrogen and oxygen atoms in total. The number of ether oxygens (including phenoxy) is 1. The fourth-order valence-corrected chi connectivity index (χ4v) is 3.95. The van der Waals surface area contributed by atoms with E-state index in [-0.39, 0.29) is 23.8 Å². The van der Waals surface area contributed by atoms with Crippen molar-refractivity contribution in [2.24, 2.45) is 5.92 Å². The highest BCUT2D eigenvalue weighted by atomic mass is 35.5. The normalized spacial score (nSPS) is 18.7. The first-order valence-electron chi connectivity index (χ1n) is 9.86. The minimum absolute atomic E-state index is 0.0342. The predicted octanol–water partition coefficient (Wildman–Crippen LogP) is 3.39. The van der Waals surface area contributed by atoms with Gasteiger partial charge in [-0.3, -0.25) is 9.59 Å². The van der Waals surface area contributed by atoms with Crippen LogP contribution in [0.5, 0.6) is 5.88 Å². The lowest BCUT2D eigenvalue weighted by atomic mass is 9.94. The maximum absolute atomic E-state index is 12.8. The van der Waals surface area contributed by atoms with Crippen LogP contribution in [-0.2, 0) is 4.79 Å². The topological polar surface area (TPSA) is 62.7 Å². The summed E-state index contributed by atoms with van der Waals surface area (Å²) in [6.07, 6.45) is 6.34. The SMILES string of the molecule is CC(C)Oc1ncc(C(=O)N2CCC(C(=O)N3CCCCC3)CC2)cc1Cl. The molecule has 3 rings (SSSR count). The first-order valence-corrected chi connectivity index (χ1v) is 10.2. The number of likely N-dealkylation sites (tertiary alicyclic amines) is 2. The maximum atomic E-state index is 12.8. The molecule has 0 saturated carbocycles. The predicted molar refractivity (Wildman–Crippen MR) is 104 cm³/mol. The van der Waals surface area contributed by atoms with Crippen molar-refractivity contribution in [2.45, 2.75) is 52.1 Å². The van der Waals surface area contributed by atoms with E-state index in [2.05, 4.69) is 4.98 Å². The highest BCUT2D eigenvalue weighted by molar-refractivity contribution is 6.32. The molecule has 0 unspecified atom stereocenters. The molecule has 0 aliphatic carbocycles. The molecule has 0 spiro atoms. The fraction of sp³-hybridized carbons (Fsp3) is 0.650. The standard InChI is InChI=1S/C20H28ClN3O3/c1-14(2)27-18-17(21)12-16(13-22-18)20(26)24-10-6-15(7-11-24)19(25)23-8-4-3-5-9-23/h12-15H,3-11H2,1-2H3. The number of aromatic nitrogens is 1. The van der Waals surface area contributed by atoms with Crippen LogP contribution >= 0.6 is 11.6 Å². The molecular formula is C20H28ClN3O3. The highest BCUT2D eigenvalue weighted by Crippen LogP contribution is 2.26. The number of pyridine rings is 1. The van der Waals surface area contributed by atoms with Gasteiger partial charge in [0.05, 0.1) is 11.7 Å².